The van der Waals surface area contributed by atoms with Crippen molar-refractivity contribution in [2.45, 2.75) is 11.3 Å². The summed E-state index contributed by atoms with van der Waals surface area (Å²) >= 11 is 1.47. The van der Waals surface area contributed by atoms with Crippen LogP contribution in [-0.2, 0) is 10.0 Å². The highest BCUT2D eigenvalue weighted by molar-refractivity contribution is 14.1. The number of alkyl halides is 2. The number of pyridine rings is 1. The third-order valence-corrected chi connectivity index (χ3v) is 4.05. The molecule has 1 rings (SSSR count). The molecule has 16 heavy (non-hydrogen) atoms. The molecule has 0 unspecified atom stereocenters. The van der Waals surface area contributed by atoms with E-state index in [-0.39, 0.29) is 3.57 Å². The first-order valence-corrected chi connectivity index (χ1v) is 6.31. The molecule has 5 nitrogen and oxygen atoms in total. The van der Waals surface area contributed by atoms with Crippen LogP contribution >= 0.6 is 22.6 Å². The van der Waals surface area contributed by atoms with Crippen LogP contribution in [-0.4, -0.2) is 13.4 Å². The maximum atomic E-state index is 12.4. The lowest BCUT2D eigenvalue weighted by atomic mass is 10.2. The molecule has 0 aliphatic carbocycles. The van der Waals surface area contributed by atoms with Gasteiger partial charge in [-0.2, -0.15) is 5.26 Å². The van der Waals surface area contributed by atoms with Gasteiger partial charge in [0.05, 0.1) is 9.13 Å². The molecule has 0 aromatic carbocycles. The van der Waals surface area contributed by atoms with Gasteiger partial charge in [0.1, 0.15) is 16.7 Å². The van der Waals surface area contributed by atoms with Gasteiger partial charge in [0, 0.05) is 6.20 Å². The Hall–Kier alpha value is -0.860. The Morgan fingerprint density at radius 2 is 2.12 bits per heavy atom. The molecule has 9 heteroatoms. The minimum atomic E-state index is -4.07. The molecule has 86 valence electrons. The Kier molecular flexibility index (Phi) is 3.76. The predicted molar refractivity (Wildman–Crippen MR) is 58.0 cm³/mol. The van der Waals surface area contributed by atoms with E-state index in [0.717, 1.165) is 6.20 Å². The van der Waals surface area contributed by atoms with Crippen LogP contribution in [0, 0.1) is 14.9 Å². The maximum absolute atomic E-state index is 12.4. The zero-order valence-corrected chi connectivity index (χ0v) is 10.5. The summed E-state index contributed by atoms with van der Waals surface area (Å²) in [5.41, 5.74) is -1.22. The van der Waals surface area contributed by atoms with Crippen LogP contribution in [0.15, 0.2) is 11.1 Å². The molecular weight excluding hydrogens is 355 g/mol. The van der Waals surface area contributed by atoms with Gasteiger partial charge < -0.3 is 0 Å². The van der Waals surface area contributed by atoms with Gasteiger partial charge in [-0.05, 0) is 22.6 Å². The standard InChI is InChI=1S/C7H4F2IN3O2S/c8-7(9)6-3(1-11)5(10)4(2-13-6)16(12,14)15/h2,7H,(H2,12,14,15). The number of hydrogen-bond acceptors (Lipinski definition) is 4. The molecule has 0 spiro atoms. The molecule has 0 atom stereocenters. The summed E-state index contributed by atoms with van der Waals surface area (Å²) in [6.07, 6.45) is -2.22. The number of primary sulfonamides is 1. The monoisotopic (exact) mass is 359 g/mol. The molecule has 0 aliphatic heterocycles. The van der Waals surface area contributed by atoms with Gasteiger partial charge in [-0.25, -0.2) is 22.3 Å². The van der Waals surface area contributed by atoms with Crippen molar-refractivity contribution < 1.29 is 17.2 Å². The Morgan fingerprint density at radius 1 is 1.56 bits per heavy atom. The first-order valence-electron chi connectivity index (χ1n) is 3.68. The average molecular weight is 359 g/mol. The third kappa shape index (κ3) is 2.45. The van der Waals surface area contributed by atoms with Crippen molar-refractivity contribution >= 4 is 32.6 Å². The van der Waals surface area contributed by atoms with Crippen LogP contribution in [0.25, 0.3) is 0 Å². The van der Waals surface area contributed by atoms with E-state index in [2.05, 4.69) is 4.98 Å². The van der Waals surface area contributed by atoms with Crippen LogP contribution < -0.4 is 5.14 Å². The Labute approximate surface area is 103 Å². The normalized spacial score (nSPS) is 11.5. The van der Waals surface area contributed by atoms with Gasteiger partial charge in [-0.1, -0.05) is 0 Å². The maximum Gasteiger partial charge on any atom is 0.281 e. The van der Waals surface area contributed by atoms with E-state index in [1.807, 2.05) is 0 Å². The Morgan fingerprint density at radius 3 is 2.50 bits per heavy atom. The summed E-state index contributed by atoms with van der Waals surface area (Å²) in [6, 6.07) is 1.49. The number of nitriles is 1. The molecule has 1 aromatic rings. The van der Waals surface area contributed by atoms with Crippen LogP contribution in [0.1, 0.15) is 17.7 Å². The van der Waals surface area contributed by atoms with Crippen molar-refractivity contribution in [3.63, 3.8) is 0 Å². The first-order chi connectivity index (χ1) is 7.29. The van der Waals surface area contributed by atoms with E-state index in [4.69, 9.17) is 10.4 Å². The van der Waals surface area contributed by atoms with Gasteiger partial charge >= 0.3 is 0 Å². The smallest absolute Gasteiger partial charge is 0.252 e. The van der Waals surface area contributed by atoms with Crippen molar-refractivity contribution in [2.75, 3.05) is 0 Å². The molecule has 1 heterocycles. The number of aromatic nitrogens is 1. The van der Waals surface area contributed by atoms with Crippen molar-refractivity contribution in [1.82, 2.24) is 4.98 Å². The number of nitrogens with zero attached hydrogens (tertiary/aromatic N) is 2. The fourth-order valence-corrected chi connectivity index (χ4v) is 2.96. The summed E-state index contributed by atoms with van der Waals surface area (Å²) in [6.45, 7) is 0. The second-order valence-corrected chi connectivity index (χ2v) is 5.26. The fraction of sp³-hybridized carbons (Fsp3) is 0.143. The number of halogens is 3. The summed E-state index contributed by atoms with van der Waals surface area (Å²) in [5, 5.41) is 13.5. The van der Waals surface area contributed by atoms with Gasteiger partial charge in [-0.15, -0.1) is 0 Å². The van der Waals surface area contributed by atoms with E-state index in [0.29, 0.717) is 0 Å². The highest BCUT2D eigenvalue weighted by Crippen LogP contribution is 2.27. The molecule has 0 aliphatic rings. The van der Waals surface area contributed by atoms with Crippen molar-refractivity contribution in [2.24, 2.45) is 5.14 Å². The summed E-state index contributed by atoms with van der Waals surface area (Å²) in [4.78, 5) is 2.80. The minimum Gasteiger partial charge on any atom is -0.252 e. The van der Waals surface area contributed by atoms with Crippen LogP contribution in [0.4, 0.5) is 8.78 Å². The Balaban J connectivity index is 3.61. The topological polar surface area (TPSA) is 96.8 Å². The molecular formula is C7H4F2IN3O2S. The highest BCUT2D eigenvalue weighted by atomic mass is 127. The van der Waals surface area contributed by atoms with Crippen LogP contribution in [0.5, 0.6) is 0 Å². The Bertz CT molecular complexity index is 568. The lowest BCUT2D eigenvalue weighted by Crippen LogP contribution is -2.16. The van der Waals surface area contributed by atoms with E-state index >= 15 is 0 Å². The molecule has 0 bridgehead atoms. The average Bonchev–Trinajstić information content (AvgIpc) is 2.14. The zero-order valence-electron chi connectivity index (χ0n) is 7.49. The fourth-order valence-electron chi connectivity index (χ4n) is 0.955. The van der Waals surface area contributed by atoms with Crippen molar-refractivity contribution in [3.8, 4) is 6.07 Å². The summed E-state index contributed by atoms with van der Waals surface area (Å²) in [5.74, 6) is 0. The lowest BCUT2D eigenvalue weighted by Gasteiger charge is -2.07. The molecule has 0 amide bonds. The molecule has 0 saturated carbocycles. The largest absolute Gasteiger partial charge is 0.281 e. The van der Waals surface area contributed by atoms with E-state index in [1.165, 1.54) is 28.7 Å². The lowest BCUT2D eigenvalue weighted by molar-refractivity contribution is 0.145. The summed E-state index contributed by atoms with van der Waals surface area (Å²) in [7, 11) is -4.07. The number of sulfonamides is 1. The van der Waals surface area contributed by atoms with Gasteiger partial charge in [-0.3, -0.25) is 4.98 Å². The molecule has 2 N–H and O–H groups in total. The third-order valence-electron chi connectivity index (χ3n) is 1.64. The molecule has 0 fully saturated rings. The van der Waals surface area contributed by atoms with Gasteiger partial charge in [0.25, 0.3) is 6.43 Å². The predicted octanol–water partition coefficient (Wildman–Crippen LogP) is 1.14. The van der Waals surface area contributed by atoms with Crippen molar-refractivity contribution in [1.29, 1.82) is 5.26 Å². The van der Waals surface area contributed by atoms with Gasteiger partial charge in [0.2, 0.25) is 10.0 Å². The SMILES string of the molecule is N#Cc1c(C(F)F)ncc(S(N)(=O)=O)c1I. The van der Waals surface area contributed by atoms with Gasteiger partial charge in [0.15, 0.2) is 0 Å². The van der Waals surface area contributed by atoms with E-state index < -0.39 is 32.6 Å². The zero-order chi connectivity index (χ0) is 12.5. The first kappa shape index (κ1) is 13.2. The molecule has 1 aromatic heterocycles. The van der Waals surface area contributed by atoms with E-state index in [1.54, 1.807) is 0 Å². The number of rotatable bonds is 2. The molecule has 0 radical (unpaired) electrons. The molecule has 0 saturated heterocycles. The summed E-state index contributed by atoms with van der Waals surface area (Å²) < 4.78 is 46.8. The second kappa shape index (κ2) is 4.56. The second-order valence-electron chi connectivity index (χ2n) is 2.65. The highest BCUT2D eigenvalue weighted by Gasteiger charge is 2.23. The van der Waals surface area contributed by atoms with Crippen LogP contribution in [0.3, 0.4) is 0 Å². The number of nitrogens with two attached hydrogens (primary N) is 1. The van der Waals surface area contributed by atoms with Crippen molar-refractivity contribution in [3.05, 3.63) is 21.0 Å². The quantitative estimate of drug-likeness (QED) is 0.801. The number of hydrogen-bond donors (Lipinski definition) is 1. The minimum absolute atomic E-state index is 0.145. The van der Waals surface area contributed by atoms with E-state index in [9.17, 15) is 17.2 Å². The van der Waals surface area contributed by atoms with Crippen LogP contribution in [0.2, 0.25) is 0 Å².